The molecule has 0 radical (unpaired) electrons. The van der Waals surface area contributed by atoms with Crippen LogP contribution in [0.25, 0.3) is 0 Å². The maximum Gasteiger partial charge on any atom is 0.341 e. The molecule has 0 aromatic heterocycles. The summed E-state index contributed by atoms with van der Waals surface area (Å²) >= 11 is 0. The van der Waals surface area contributed by atoms with Crippen LogP contribution in [0.4, 0.5) is 0 Å². The van der Waals surface area contributed by atoms with Gasteiger partial charge in [0.1, 0.15) is 16.2 Å². The van der Waals surface area contributed by atoms with Crippen molar-refractivity contribution < 1.29 is 26.9 Å². The lowest BCUT2D eigenvalue weighted by Gasteiger charge is -2.10. The second-order valence-electron chi connectivity index (χ2n) is 4.43. The van der Waals surface area contributed by atoms with Gasteiger partial charge < -0.3 is 13.7 Å². The Balaban J connectivity index is 2.30. The highest BCUT2D eigenvalue weighted by Crippen LogP contribution is 2.24. The number of hydrogen-bond donors (Lipinski definition) is 0. The lowest BCUT2D eigenvalue weighted by atomic mass is 10.2. The first-order valence-corrected chi connectivity index (χ1v) is 8.23. The number of esters is 1. The molecule has 0 spiro atoms. The molecular formula is C16H16O6S. The van der Waals surface area contributed by atoms with Gasteiger partial charge in [-0.2, -0.15) is 8.42 Å². The van der Waals surface area contributed by atoms with Crippen molar-refractivity contribution in [2.45, 2.75) is 11.8 Å². The molecule has 0 amide bonds. The number of carbonyl (C=O) groups excluding carboxylic acids is 1. The van der Waals surface area contributed by atoms with E-state index in [1.807, 2.05) is 6.92 Å². The summed E-state index contributed by atoms with van der Waals surface area (Å²) in [5.41, 5.74) is 0.0320. The van der Waals surface area contributed by atoms with Crippen molar-refractivity contribution >= 4 is 16.1 Å². The Morgan fingerprint density at radius 3 is 2.30 bits per heavy atom. The average Bonchev–Trinajstić information content (AvgIpc) is 2.55. The van der Waals surface area contributed by atoms with E-state index >= 15 is 0 Å². The zero-order valence-electron chi connectivity index (χ0n) is 12.7. The van der Waals surface area contributed by atoms with Crippen LogP contribution in [0.1, 0.15) is 17.3 Å². The van der Waals surface area contributed by atoms with Gasteiger partial charge in [0.15, 0.2) is 5.75 Å². The van der Waals surface area contributed by atoms with Crippen LogP contribution >= 0.6 is 0 Å². The van der Waals surface area contributed by atoms with E-state index in [-0.39, 0.29) is 16.2 Å². The molecule has 0 fully saturated rings. The highest BCUT2D eigenvalue weighted by molar-refractivity contribution is 7.87. The molecule has 0 N–H and O–H groups in total. The zero-order chi connectivity index (χ0) is 16.9. The van der Waals surface area contributed by atoms with Crippen LogP contribution in [0, 0.1) is 0 Å². The fraction of sp³-hybridized carbons (Fsp3) is 0.188. The number of benzene rings is 2. The van der Waals surface area contributed by atoms with E-state index in [1.165, 1.54) is 43.5 Å². The Hall–Kier alpha value is -2.54. The summed E-state index contributed by atoms with van der Waals surface area (Å²) in [6.45, 7) is 2.31. The number of methoxy groups -OCH3 is 1. The molecule has 23 heavy (non-hydrogen) atoms. The Kier molecular flexibility index (Phi) is 5.23. The molecule has 2 rings (SSSR count). The Labute approximate surface area is 134 Å². The molecule has 0 aliphatic heterocycles. The van der Waals surface area contributed by atoms with Crippen molar-refractivity contribution in [3.63, 3.8) is 0 Å². The molecule has 6 nitrogen and oxygen atoms in total. The molecular weight excluding hydrogens is 320 g/mol. The number of hydrogen-bond acceptors (Lipinski definition) is 6. The summed E-state index contributed by atoms with van der Waals surface area (Å²) in [4.78, 5) is 11.6. The topological polar surface area (TPSA) is 78.9 Å². The fourth-order valence-corrected chi connectivity index (χ4v) is 2.80. The first kappa shape index (κ1) is 16.8. The smallest absolute Gasteiger partial charge is 0.341 e. The van der Waals surface area contributed by atoms with Gasteiger partial charge in [-0.3, -0.25) is 0 Å². The van der Waals surface area contributed by atoms with E-state index in [4.69, 9.17) is 8.92 Å². The van der Waals surface area contributed by atoms with Crippen molar-refractivity contribution in [1.29, 1.82) is 0 Å². The molecule has 122 valence electrons. The second-order valence-corrected chi connectivity index (χ2v) is 5.98. The van der Waals surface area contributed by atoms with E-state index < -0.39 is 16.1 Å². The van der Waals surface area contributed by atoms with Gasteiger partial charge in [0.05, 0.1) is 13.7 Å². The van der Waals surface area contributed by atoms with E-state index in [0.29, 0.717) is 12.4 Å². The Morgan fingerprint density at radius 1 is 1.04 bits per heavy atom. The molecule has 0 aliphatic rings. The van der Waals surface area contributed by atoms with Crippen LogP contribution in [-0.4, -0.2) is 28.1 Å². The van der Waals surface area contributed by atoms with Crippen LogP contribution in [0.3, 0.4) is 0 Å². The third kappa shape index (κ3) is 4.01. The normalized spacial score (nSPS) is 10.9. The molecule has 0 heterocycles. The lowest BCUT2D eigenvalue weighted by Crippen LogP contribution is -2.13. The summed E-state index contributed by atoms with van der Waals surface area (Å²) < 4.78 is 39.6. The predicted octanol–water partition coefficient (Wildman–Crippen LogP) is 2.64. The van der Waals surface area contributed by atoms with Crippen LogP contribution < -0.4 is 8.92 Å². The predicted molar refractivity (Wildman–Crippen MR) is 83.2 cm³/mol. The minimum Gasteiger partial charge on any atom is -0.494 e. The minimum absolute atomic E-state index is 0.0320. The summed E-state index contributed by atoms with van der Waals surface area (Å²) in [5.74, 6) is -0.211. The largest absolute Gasteiger partial charge is 0.494 e. The van der Waals surface area contributed by atoms with E-state index in [1.54, 1.807) is 12.1 Å². The SMILES string of the molecule is CCOc1ccc(S(=O)(=O)Oc2ccccc2C(=O)OC)cc1. The van der Waals surface area contributed by atoms with Crippen molar-refractivity contribution in [3.8, 4) is 11.5 Å². The lowest BCUT2D eigenvalue weighted by molar-refractivity contribution is 0.0599. The van der Waals surface area contributed by atoms with Gasteiger partial charge >= 0.3 is 16.1 Å². The first-order valence-electron chi connectivity index (χ1n) is 6.82. The summed E-state index contributed by atoms with van der Waals surface area (Å²) in [7, 11) is -2.86. The Morgan fingerprint density at radius 2 is 1.70 bits per heavy atom. The molecule has 2 aromatic carbocycles. The molecule has 0 bridgehead atoms. The van der Waals surface area contributed by atoms with Gasteiger partial charge in [-0.25, -0.2) is 4.79 Å². The summed E-state index contributed by atoms with van der Waals surface area (Å²) in [5, 5.41) is 0. The summed E-state index contributed by atoms with van der Waals surface area (Å²) in [6.07, 6.45) is 0. The first-order chi connectivity index (χ1) is 11.0. The number of ether oxygens (including phenoxy) is 2. The second kappa shape index (κ2) is 7.15. The number of para-hydroxylation sites is 1. The van der Waals surface area contributed by atoms with Crippen molar-refractivity contribution in [2.24, 2.45) is 0 Å². The van der Waals surface area contributed by atoms with Crippen molar-refractivity contribution in [2.75, 3.05) is 13.7 Å². The monoisotopic (exact) mass is 336 g/mol. The van der Waals surface area contributed by atoms with E-state index in [9.17, 15) is 13.2 Å². The van der Waals surface area contributed by atoms with Gasteiger partial charge in [0.25, 0.3) is 0 Å². The van der Waals surface area contributed by atoms with Crippen LogP contribution in [0.2, 0.25) is 0 Å². The highest BCUT2D eigenvalue weighted by Gasteiger charge is 2.21. The standard InChI is InChI=1S/C16H16O6S/c1-3-21-12-8-10-13(11-9-12)23(18,19)22-15-7-5-4-6-14(15)16(17)20-2/h4-11H,3H2,1-2H3. The van der Waals surface area contributed by atoms with Gasteiger partial charge in [0, 0.05) is 0 Å². The van der Waals surface area contributed by atoms with E-state index in [2.05, 4.69) is 4.74 Å². The van der Waals surface area contributed by atoms with Crippen molar-refractivity contribution in [3.05, 3.63) is 54.1 Å². The highest BCUT2D eigenvalue weighted by atomic mass is 32.2. The molecule has 0 saturated carbocycles. The molecule has 0 saturated heterocycles. The van der Waals surface area contributed by atoms with E-state index in [0.717, 1.165) is 0 Å². The maximum atomic E-state index is 12.3. The Bertz CT molecular complexity index is 780. The summed E-state index contributed by atoms with van der Waals surface area (Å²) in [6, 6.07) is 11.8. The fourth-order valence-electron chi connectivity index (χ4n) is 1.85. The van der Waals surface area contributed by atoms with Gasteiger partial charge in [-0.05, 0) is 43.3 Å². The molecule has 0 unspecified atom stereocenters. The quantitative estimate of drug-likeness (QED) is 0.596. The van der Waals surface area contributed by atoms with Crippen LogP contribution in [0.15, 0.2) is 53.4 Å². The van der Waals surface area contributed by atoms with Gasteiger partial charge in [-0.15, -0.1) is 0 Å². The number of carbonyl (C=O) groups is 1. The molecule has 0 atom stereocenters. The third-order valence-electron chi connectivity index (χ3n) is 2.92. The molecule has 0 aliphatic carbocycles. The van der Waals surface area contributed by atoms with Gasteiger partial charge in [0.2, 0.25) is 0 Å². The maximum absolute atomic E-state index is 12.3. The van der Waals surface area contributed by atoms with Crippen LogP contribution in [-0.2, 0) is 14.9 Å². The molecule has 7 heteroatoms. The zero-order valence-corrected chi connectivity index (χ0v) is 13.5. The number of rotatable bonds is 6. The molecule has 2 aromatic rings. The minimum atomic E-state index is -4.07. The van der Waals surface area contributed by atoms with Gasteiger partial charge in [-0.1, -0.05) is 12.1 Å². The van der Waals surface area contributed by atoms with Crippen LogP contribution in [0.5, 0.6) is 11.5 Å². The average molecular weight is 336 g/mol. The third-order valence-corrected chi connectivity index (χ3v) is 4.16. The van der Waals surface area contributed by atoms with Crippen molar-refractivity contribution in [1.82, 2.24) is 0 Å².